The van der Waals surface area contributed by atoms with E-state index in [1.54, 1.807) is 16.2 Å². The molecule has 1 aromatic rings. The van der Waals surface area contributed by atoms with E-state index in [1.165, 1.54) is 0 Å². The Hall–Kier alpha value is -0.920. The summed E-state index contributed by atoms with van der Waals surface area (Å²) < 4.78 is 23.1. The molecule has 0 spiro atoms. The van der Waals surface area contributed by atoms with Crippen molar-refractivity contribution in [1.82, 2.24) is 4.90 Å². The molecule has 2 rings (SSSR count). The van der Waals surface area contributed by atoms with Crippen molar-refractivity contribution in [2.45, 2.75) is 25.4 Å². The molecule has 0 amide bonds. The van der Waals surface area contributed by atoms with E-state index in [0.29, 0.717) is 6.42 Å². The highest BCUT2D eigenvalue weighted by Crippen LogP contribution is 2.29. The summed E-state index contributed by atoms with van der Waals surface area (Å²) >= 11 is 1.56. The molecule has 1 aliphatic rings. The molecule has 7 heteroatoms. The van der Waals surface area contributed by atoms with E-state index < -0.39 is 15.8 Å². The first kappa shape index (κ1) is 14.5. The molecule has 1 aromatic heterocycles. The lowest BCUT2D eigenvalue weighted by Gasteiger charge is -2.31. The fourth-order valence-electron chi connectivity index (χ4n) is 2.47. The molecule has 0 aliphatic carbocycles. The standard InChI is InChI=1S/C12H17NO4S2/c1-9(11-3-2-5-18-11)13(7-12(14)15)10-4-6-19(16,17)8-10/h2-3,5,9-10H,4,6-8H2,1H3,(H,14,15). The Bertz CT molecular complexity index is 538. The number of hydrogen-bond donors (Lipinski definition) is 1. The summed E-state index contributed by atoms with van der Waals surface area (Å²) in [6.07, 6.45) is 0.519. The summed E-state index contributed by atoms with van der Waals surface area (Å²) in [6.45, 7) is 1.80. The van der Waals surface area contributed by atoms with Crippen LogP contribution in [-0.4, -0.2) is 48.5 Å². The Balaban J connectivity index is 2.19. The van der Waals surface area contributed by atoms with Crippen LogP contribution < -0.4 is 0 Å². The summed E-state index contributed by atoms with van der Waals surface area (Å²) in [5, 5.41) is 11.0. The lowest BCUT2D eigenvalue weighted by Crippen LogP contribution is -2.41. The van der Waals surface area contributed by atoms with Crippen LogP contribution in [0, 0.1) is 0 Å². The Morgan fingerprint density at radius 1 is 1.63 bits per heavy atom. The number of nitrogens with zero attached hydrogens (tertiary/aromatic N) is 1. The quantitative estimate of drug-likeness (QED) is 0.889. The minimum Gasteiger partial charge on any atom is -0.480 e. The molecule has 5 nitrogen and oxygen atoms in total. The number of carboxylic acid groups (broad SMARTS) is 1. The van der Waals surface area contributed by atoms with Gasteiger partial charge in [0.05, 0.1) is 18.1 Å². The van der Waals surface area contributed by atoms with Crippen molar-refractivity contribution in [3.8, 4) is 0 Å². The van der Waals surface area contributed by atoms with Gasteiger partial charge in [0.2, 0.25) is 0 Å². The lowest BCUT2D eigenvalue weighted by molar-refractivity contribution is -0.139. The zero-order valence-corrected chi connectivity index (χ0v) is 12.3. The molecule has 106 valence electrons. The number of rotatable bonds is 5. The highest BCUT2D eigenvalue weighted by molar-refractivity contribution is 7.91. The summed E-state index contributed by atoms with van der Waals surface area (Å²) in [4.78, 5) is 13.9. The molecular weight excluding hydrogens is 286 g/mol. The summed E-state index contributed by atoms with van der Waals surface area (Å²) in [5.41, 5.74) is 0. The summed E-state index contributed by atoms with van der Waals surface area (Å²) in [6, 6.07) is 3.60. The first-order valence-electron chi connectivity index (χ1n) is 6.10. The number of carboxylic acids is 1. The molecule has 1 fully saturated rings. The summed E-state index contributed by atoms with van der Waals surface area (Å²) in [5.74, 6) is -0.700. The maximum Gasteiger partial charge on any atom is 0.317 e. The predicted octanol–water partition coefficient (Wildman–Crippen LogP) is 1.38. The normalized spacial score (nSPS) is 23.6. The second-order valence-electron chi connectivity index (χ2n) is 4.81. The molecule has 1 aliphatic heterocycles. The third kappa shape index (κ3) is 3.55. The number of carbonyl (C=O) groups is 1. The van der Waals surface area contributed by atoms with Crippen LogP contribution >= 0.6 is 11.3 Å². The second-order valence-corrected chi connectivity index (χ2v) is 8.02. The Morgan fingerprint density at radius 3 is 2.84 bits per heavy atom. The Labute approximate surface area is 116 Å². The van der Waals surface area contributed by atoms with Crippen molar-refractivity contribution in [3.63, 3.8) is 0 Å². The summed E-state index contributed by atoms with van der Waals surface area (Å²) in [7, 11) is -3.01. The van der Waals surface area contributed by atoms with Crippen molar-refractivity contribution < 1.29 is 18.3 Å². The van der Waals surface area contributed by atoms with Gasteiger partial charge in [0, 0.05) is 17.0 Å². The molecular formula is C12H17NO4S2. The van der Waals surface area contributed by atoms with Gasteiger partial charge in [-0.2, -0.15) is 0 Å². The molecule has 2 unspecified atom stereocenters. The first-order valence-corrected chi connectivity index (χ1v) is 8.80. The highest BCUT2D eigenvalue weighted by Gasteiger charge is 2.35. The molecule has 19 heavy (non-hydrogen) atoms. The third-order valence-electron chi connectivity index (χ3n) is 3.45. The van der Waals surface area contributed by atoms with Gasteiger partial charge in [0.1, 0.15) is 0 Å². The van der Waals surface area contributed by atoms with E-state index in [2.05, 4.69) is 0 Å². The predicted molar refractivity (Wildman–Crippen MR) is 74.1 cm³/mol. The van der Waals surface area contributed by atoms with Crippen LogP contribution in [0.4, 0.5) is 0 Å². The van der Waals surface area contributed by atoms with Crippen LogP contribution in [0.1, 0.15) is 24.3 Å². The monoisotopic (exact) mass is 303 g/mol. The van der Waals surface area contributed by atoms with Gasteiger partial charge >= 0.3 is 5.97 Å². The number of aliphatic carboxylic acids is 1. The molecule has 0 saturated carbocycles. The number of sulfone groups is 1. The number of thiophene rings is 1. The first-order chi connectivity index (χ1) is 8.89. The van der Waals surface area contributed by atoms with Crippen LogP contribution in [0.25, 0.3) is 0 Å². The van der Waals surface area contributed by atoms with Gasteiger partial charge in [0.15, 0.2) is 9.84 Å². The maximum absolute atomic E-state index is 11.6. The van der Waals surface area contributed by atoms with Gasteiger partial charge in [-0.3, -0.25) is 9.69 Å². The fourth-order valence-corrected chi connectivity index (χ4v) is 5.01. The van der Waals surface area contributed by atoms with Gasteiger partial charge in [-0.25, -0.2) is 8.42 Å². The van der Waals surface area contributed by atoms with Crippen molar-refractivity contribution in [2.24, 2.45) is 0 Å². The van der Waals surface area contributed by atoms with Gasteiger partial charge in [-0.15, -0.1) is 11.3 Å². The zero-order chi connectivity index (χ0) is 14.0. The van der Waals surface area contributed by atoms with Crippen molar-refractivity contribution in [1.29, 1.82) is 0 Å². The third-order valence-corrected chi connectivity index (χ3v) is 6.24. The van der Waals surface area contributed by atoms with Crippen LogP contribution in [0.15, 0.2) is 17.5 Å². The zero-order valence-electron chi connectivity index (χ0n) is 10.7. The van der Waals surface area contributed by atoms with E-state index in [-0.39, 0.29) is 30.1 Å². The second kappa shape index (κ2) is 5.60. The molecule has 0 aromatic carbocycles. The molecule has 0 bridgehead atoms. The Kier molecular flexibility index (Phi) is 4.27. The van der Waals surface area contributed by atoms with Crippen molar-refractivity contribution in [3.05, 3.63) is 22.4 Å². The molecule has 0 radical (unpaired) electrons. The smallest absolute Gasteiger partial charge is 0.317 e. The highest BCUT2D eigenvalue weighted by atomic mass is 32.2. The molecule has 1 saturated heterocycles. The lowest BCUT2D eigenvalue weighted by atomic mass is 10.1. The van der Waals surface area contributed by atoms with Gasteiger partial charge in [0.25, 0.3) is 0 Å². The SMILES string of the molecule is CC(c1cccs1)N(CC(=O)O)C1CCS(=O)(=O)C1. The van der Waals surface area contributed by atoms with Crippen LogP contribution in [-0.2, 0) is 14.6 Å². The minimum atomic E-state index is -3.01. The average Bonchev–Trinajstić information content (AvgIpc) is 2.94. The van der Waals surface area contributed by atoms with Crippen molar-refractivity contribution >= 4 is 27.1 Å². The van der Waals surface area contributed by atoms with E-state index in [0.717, 1.165) is 4.88 Å². The molecule has 1 N–H and O–H groups in total. The van der Waals surface area contributed by atoms with E-state index in [1.807, 2.05) is 24.4 Å². The van der Waals surface area contributed by atoms with Gasteiger partial charge in [-0.05, 0) is 24.8 Å². The minimum absolute atomic E-state index is 0.0655. The van der Waals surface area contributed by atoms with Gasteiger partial charge in [-0.1, -0.05) is 6.07 Å². The van der Waals surface area contributed by atoms with Crippen LogP contribution in [0.2, 0.25) is 0 Å². The van der Waals surface area contributed by atoms with Crippen LogP contribution in [0.3, 0.4) is 0 Å². The topological polar surface area (TPSA) is 74.7 Å². The maximum atomic E-state index is 11.6. The van der Waals surface area contributed by atoms with E-state index in [4.69, 9.17) is 5.11 Å². The number of hydrogen-bond acceptors (Lipinski definition) is 5. The van der Waals surface area contributed by atoms with Gasteiger partial charge < -0.3 is 5.11 Å². The molecule has 2 atom stereocenters. The van der Waals surface area contributed by atoms with Crippen LogP contribution in [0.5, 0.6) is 0 Å². The Morgan fingerprint density at radius 2 is 2.37 bits per heavy atom. The largest absolute Gasteiger partial charge is 0.480 e. The average molecular weight is 303 g/mol. The van der Waals surface area contributed by atoms with Crippen molar-refractivity contribution in [2.75, 3.05) is 18.1 Å². The molecule has 2 heterocycles. The fraction of sp³-hybridized carbons (Fsp3) is 0.583. The van der Waals surface area contributed by atoms with E-state index in [9.17, 15) is 13.2 Å². The van der Waals surface area contributed by atoms with E-state index >= 15 is 0 Å².